The third-order valence-corrected chi connectivity index (χ3v) is 5.61. The lowest BCUT2D eigenvalue weighted by atomic mass is 10.1. The molecule has 1 fully saturated rings. The van der Waals surface area contributed by atoms with E-state index in [2.05, 4.69) is 36.1 Å². The number of carbonyl (C=O) groups is 1. The first-order valence-electron chi connectivity index (χ1n) is 12.5. The molecule has 0 saturated carbocycles. The molecule has 1 amide bonds. The minimum absolute atomic E-state index is 0.0647. The lowest BCUT2D eigenvalue weighted by molar-refractivity contribution is 0.0957. The molecule has 3 heterocycles. The maximum absolute atomic E-state index is 14.2. The number of anilines is 4. The number of allylic oxidation sites excluding steroid dienone is 3. The van der Waals surface area contributed by atoms with Gasteiger partial charge in [-0.05, 0) is 51.1 Å². The van der Waals surface area contributed by atoms with Gasteiger partial charge in [0.05, 0.1) is 37.0 Å². The van der Waals surface area contributed by atoms with Crippen molar-refractivity contribution in [3.05, 3.63) is 83.6 Å². The van der Waals surface area contributed by atoms with Crippen molar-refractivity contribution in [1.82, 2.24) is 20.4 Å². The topological polar surface area (TPSA) is 117 Å². The fourth-order valence-electron chi connectivity index (χ4n) is 3.72. The van der Waals surface area contributed by atoms with Crippen LogP contribution in [0.25, 0.3) is 5.70 Å². The van der Waals surface area contributed by atoms with Crippen LogP contribution >= 0.6 is 0 Å². The molecule has 0 radical (unpaired) electrons. The smallest absolute Gasteiger partial charge is 0.288 e. The highest BCUT2D eigenvalue weighted by Gasteiger charge is 2.18. The maximum Gasteiger partial charge on any atom is 0.288 e. The summed E-state index contributed by atoms with van der Waals surface area (Å²) in [6.07, 6.45) is 8.40. The number of nitrogens with one attached hydrogen (secondary N) is 3. The average Bonchev–Trinajstić information content (AvgIpc) is 2.95. The van der Waals surface area contributed by atoms with Crippen molar-refractivity contribution >= 4 is 41.0 Å². The number of morpholine rings is 1. The van der Waals surface area contributed by atoms with Crippen LogP contribution in [0.1, 0.15) is 36.8 Å². The zero-order chi connectivity index (χ0) is 27.6. The number of aliphatic imine (C=N–C) groups is 1. The van der Waals surface area contributed by atoms with Crippen LogP contribution in [-0.4, -0.2) is 53.4 Å². The van der Waals surface area contributed by atoms with Gasteiger partial charge in [-0.2, -0.15) is 4.98 Å². The lowest BCUT2D eigenvalue weighted by Crippen LogP contribution is -2.38. The van der Waals surface area contributed by atoms with Crippen molar-refractivity contribution in [2.24, 2.45) is 4.99 Å². The summed E-state index contributed by atoms with van der Waals surface area (Å²) in [5, 5.41) is 3.30. The van der Waals surface area contributed by atoms with Crippen LogP contribution in [0.3, 0.4) is 0 Å². The number of rotatable bonds is 9. The Morgan fingerprint density at radius 2 is 1.90 bits per heavy atom. The first-order valence-corrected chi connectivity index (χ1v) is 12.5. The van der Waals surface area contributed by atoms with E-state index in [0.29, 0.717) is 32.0 Å². The largest absolute Gasteiger partial charge is 0.378 e. The molecule has 0 bridgehead atoms. The SMILES string of the molecule is CC=N/C(=C\C=C(C)C)c1cccc(Nc2ccc(C(=O)NNc3ncc(F)c(N4CCOCC4)n3)nc2)c1. The highest BCUT2D eigenvalue weighted by Crippen LogP contribution is 2.23. The summed E-state index contributed by atoms with van der Waals surface area (Å²) in [5.41, 5.74) is 9.87. The molecular formula is C28H31FN8O2. The fraction of sp³-hybridized carbons (Fsp3) is 0.250. The number of ether oxygens (including phenoxy) is 1. The highest BCUT2D eigenvalue weighted by molar-refractivity contribution is 5.93. The highest BCUT2D eigenvalue weighted by atomic mass is 19.1. The second-order valence-corrected chi connectivity index (χ2v) is 8.86. The number of carbonyl (C=O) groups excluding carboxylic acids is 1. The molecule has 11 heteroatoms. The Balaban J connectivity index is 1.38. The maximum atomic E-state index is 14.2. The lowest BCUT2D eigenvalue weighted by Gasteiger charge is -2.28. The average molecular weight is 531 g/mol. The van der Waals surface area contributed by atoms with Crippen LogP contribution in [0, 0.1) is 5.82 Å². The summed E-state index contributed by atoms with van der Waals surface area (Å²) in [7, 11) is 0. The predicted molar refractivity (Wildman–Crippen MR) is 152 cm³/mol. The number of aromatic nitrogens is 3. The number of amides is 1. The van der Waals surface area contributed by atoms with Gasteiger partial charge < -0.3 is 15.0 Å². The van der Waals surface area contributed by atoms with E-state index in [9.17, 15) is 9.18 Å². The number of pyridine rings is 1. The summed E-state index contributed by atoms with van der Waals surface area (Å²) in [6.45, 7) is 7.98. The summed E-state index contributed by atoms with van der Waals surface area (Å²) < 4.78 is 19.5. The second kappa shape index (κ2) is 13.2. The van der Waals surface area contributed by atoms with Crippen molar-refractivity contribution in [1.29, 1.82) is 0 Å². The van der Waals surface area contributed by atoms with E-state index >= 15 is 0 Å². The van der Waals surface area contributed by atoms with Gasteiger partial charge in [-0.3, -0.25) is 20.6 Å². The third kappa shape index (κ3) is 7.68. The van der Waals surface area contributed by atoms with E-state index in [1.807, 2.05) is 57.2 Å². The number of benzene rings is 1. The monoisotopic (exact) mass is 530 g/mol. The Morgan fingerprint density at radius 1 is 1.08 bits per heavy atom. The first kappa shape index (κ1) is 27.4. The molecule has 202 valence electrons. The number of hydrazine groups is 1. The van der Waals surface area contributed by atoms with Gasteiger partial charge in [0.15, 0.2) is 11.6 Å². The Morgan fingerprint density at radius 3 is 2.62 bits per heavy atom. The molecule has 0 spiro atoms. The van der Waals surface area contributed by atoms with E-state index in [-0.39, 0.29) is 17.5 Å². The predicted octanol–water partition coefficient (Wildman–Crippen LogP) is 4.75. The van der Waals surface area contributed by atoms with Crippen LogP contribution in [0.5, 0.6) is 0 Å². The van der Waals surface area contributed by atoms with Crippen molar-refractivity contribution in [3.63, 3.8) is 0 Å². The van der Waals surface area contributed by atoms with Crippen molar-refractivity contribution in [2.75, 3.05) is 41.9 Å². The molecule has 1 aliphatic rings. The van der Waals surface area contributed by atoms with Crippen LogP contribution < -0.4 is 21.1 Å². The van der Waals surface area contributed by atoms with E-state index in [0.717, 1.165) is 23.1 Å². The number of hydrogen-bond acceptors (Lipinski definition) is 9. The standard InChI is InChI=1S/C28H31FN8O2/c1-4-30-24(10-8-19(2)3)20-6-5-7-21(16-20)33-22-9-11-25(31-17-22)27(38)35-36-28-32-18-23(29)26(34-28)37-12-14-39-15-13-37/h4-11,16-18,33H,12-15H2,1-3H3,(H,35,38)(H,32,34,36)/b24-10-,30-4?. The van der Waals surface area contributed by atoms with E-state index in [4.69, 9.17) is 4.74 Å². The molecule has 1 saturated heterocycles. The number of hydrogen-bond donors (Lipinski definition) is 3. The van der Waals surface area contributed by atoms with Gasteiger partial charge in [0, 0.05) is 30.6 Å². The Kier molecular flexibility index (Phi) is 9.30. The summed E-state index contributed by atoms with van der Waals surface area (Å²) >= 11 is 0. The summed E-state index contributed by atoms with van der Waals surface area (Å²) in [6, 6.07) is 11.2. The van der Waals surface area contributed by atoms with Gasteiger partial charge in [0.2, 0.25) is 5.95 Å². The molecule has 1 aliphatic heterocycles. The zero-order valence-electron chi connectivity index (χ0n) is 22.1. The van der Waals surface area contributed by atoms with E-state index < -0.39 is 11.7 Å². The van der Waals surface area contributed by atoms with Crippen LogP contribution in [0.2, 0.25) is 0 Å². The minimum Gasteiger partial charge on any atom is -0.378 e. The first-order chi connectivity index (χ1) is 18.9. The van der Waals surface area contributed by atoms with Gasteiger partial charge in [0.25, 0.3) is 5.91 Å². The molecular weight excluding hydrogens is 499 g/mol. The molecule has 2 aromatic heterocycles. The van der Waals surface area contributed by atoms with Crippen molar-refractivity contribution < 1.29 is 13.9 Å². The molecule has 4 rings (SSSR count). The molecule has 3 N–H and O–H groups in total. The Bertz CT molecular complexity index is 1380. The van der Waals surface area contributed by atoms with Gasteiger partial charge in [0.1, 0.15) is 5.69 Å². The van der Waals surface area contributed by atoms with Crippen LogP contribution in [-0.2, 0) is 4.74 Å². The quantitative estimate of drug-likeness (QED) is 0.206. The summed E-state index contributed by atoms with van der Waals surface area (Å²) in [5.74, 6) is -0.809. The summed E-state index contributed by atoms with van der Waals surface area (Å²) in [4.78, 5) is 31.2. The molecule has 10 nitrogen and oxygen atoms in total. The second-order valence-electron chi connectivity index (χ2n) is 8.86. The van der Waals surface area contributed by atoms with E-state index in [1.54, 1.807) is 29.4 Å². The fourth-order valence-corrected chi connectivity index (χ4v) is 3.72. The Labute approximate surface area is 226 Å². The molecule has 0 unspecified atom stereocenters. The Hall–Kier alpha value is -4.64. The molecule has 39 heavy (non-hydrogen) atoms. The molecule has 0 atom stereocenters. The third-order valence-electron chi connectivity index (χ3n) is 5.61. The van der Waals surface area contributed by atoms with Crippen molar-refractivity contribution in [2.45, 2.75) is 20.8 Å². The number of halogens is 1. The van der Waals surface area contributed by atoms with Crippen LogP contribution in [0.4, 0.5) is 27.5 Å². The zero-order valence-corrected chi connectivity index (χ0v) is 22.1. The normalized spacial score (nSPS) is 13.7. The minimum atomic E-state index is -0.540. The van der Waals surface area contributed by atoms with Crippen molar-refractivity contribution in [3.8, 4) is 0 Å². The van der Waals surface area contributed by atoms with Crippen LogP contribution in [0.15, 0.2) is 71.5 Å². The molecule has 1 aromatic carbocycles. The van der Waals surface area contributed by atoms with Gasteiger partial charge in [-0.1, -0.05) is 23.8 Å². The molecule has 0 aliphatic carbocycles. The molecule has 3 aromatic rings. The van der Waals surface area contributed by atoms with Gasteiger partial charge in [-0.15, -0.1) is 0 Å². The van der Waals surface area contributed by atoms with Gasteiger partial charge >= 0.3 is 0 Å². The van der Waals surface area contributed by atoms with E-state index in [1.165, 1.54) is 5.57 Å². The number of nitrogens with zero attached hydrogens (tertiary/aromatic N) is 5. The van der Waals surface area contributed by atoms with Gasteiger partial charge in [-0.25, -0.2) is 14.4 Å².